The smallest absolute Gasteiger partial charge is 0.164 e. The van der Waals surface area contributed by atoms with Crippen LogP contribution in [0.25, 0.3) is 67.5 Å². The van der Waals surface area contributed by atoms with Gasteiger partial charge in [0, 0.05) is 16.7 Å². The lowest BCUT2D eigenvalue weighted by Gasteiger charge is -2.33. The first-order valence-corrected chi connectivity index (χ1v) is 18.7. The molecule has 0 bridgehead atoms. The molecule has 10 rings (SSSR count). The second kappa shape index (κ2) is 13.6. The van der Waals surface area contributed by atoms with Crippen LogP contribution >= 0.6 is 0 Å². The van der Waals surface area contributed by atoms with Gasteiger partial charge in [0.15, 0.2) is 17.5 Å². The van der Waals surface area contributed by atoms with E-state index in [1.54, 1.807) is 0 Å². The van der Waals surface area contributed by atoms with Crippen molar-refractivity contribution < 1.29 is 0 Å². The van der Waals surface area contributed by atoms with Crippen molar-refractivity contribution in [2.24, 2.45) is 0 Å². The quantitative estimate of drug-likeness (QED) is 0.166. The fourth-order valence-corrected chi connectivity index (χ4v) is 8.29. The Bertz CT molecular complexity index is 2690. The summed E-state index contributed by atoms with van der Waals surface area (Å²) in [5.41, 5.74) is 14.2. The molecule has 1 aliphatic carbocycles. The average molecular weight is 702 g/mol. The van der Waals surface area contributed by atoms with Crippen LogP contribution in [0.3, 0.4) is 0 Å². The molecule has 8 aromatic carbocycles. The van der Waals surface area contributed by atoms with Crippen molar-refractivity contribution in [1.29, 1.82) is 0 Å². The Hall–Kier alpha value is -7.23. The monoisotopic (exact) mass is 701 g/mol. The molecule has 1 aromatic heterocycles. The second-order valence-corrected chi connectivity index (χ2v) is 14.0. The van der Waals surface area contributed by atoms with Gasteiger partial charge >= 0.3 is 0 Å². The summed E-state index contributed by atoms with van der Waals surface area (Å²) >= 11 is 0. The van der Waals surface area contributed by atoms with E-state index < -0.39 is 5.41 Å². The van der Waals surface area contributed by atoms with Crippen molar-refractivity contribution in [2.75, 3.05) is 0 Å². The topological polar surface area (TPSA) is 38.7 Å². The molecule has 0 amide bonds. The molecule has 3 heteroatoms. The highest BCUT2D eigenvalue weighted by Gasteiger charge is 2.46. The molecule has 1 heterocycles. The molecule has 0 unspecified atom stereocenters. The molecule has 0 spiro atoms. The zero-order valence-corrected chi connectivity index (χ0v) is 30.0. The van der Waals surface area contributed by atoms with Crippen molar-refractivity contribution in [2.45, 2.75) is 5.41 Å². The lowest BCUT2D eigenvalue weighted by atomic mass is 9.67. The van der Waals surface area contributed by atoms with Crippen LogP contribution in [0.4, 0.5) is 0 Å². The summed E-state index contributed by atoms with van der Waals surface area (Å²) < 4.78 is 0. The fraction of sp³-hybridized carbons (Fsp3) is 0.0192. The maximum absolute atomic E-state index is 5.28. The van der Waals surface area contributed by atoms with E-state index in [2.05, 4.69) is 194 Å². The third-order valence-electron chi connectivity index (χ3n) is 10.8. The van der Waals surface area contributed by atoms with E-state index in [1.807, 2.05) is 18.2 Å². The second-order valence-electron chi connectivity index (χ2n) is 14.0. The number of hydrogen-bond donors (Lipinski definition) is 0. The summed E-state index contributed by atoms with van der Waals surface area (Å²) in [6.07, 6.45) is 0. The zero-order valence-electron chi connectivity index (χ0n) is 30.0. The first kappa shape index (κ1) is 32.4. The Labute approximate surface area is 321 Å². The van der Waals surface area contributed by atoms with Crippen LogP contribution in [0.1, 0.15) is 22.3 Å². The summed E-state index contributed by atoms with van der Waals surface area (Å²) in [5.74, 6) is 1.89. The Balaban J connectivity index is 1.19. The molecule has 1 aliphatic rings. The van der Waals surface area contributed by atoms with Crippen molar-refractivity contribution in [1.82, 2.24) is 15.0 Å². The van der Waals surface area contributed by atoms with Gasteiger partial charge in [0.1, 0.15) is 0 Å². The molecule has 0 radical (unpaired) electrons. The van der Waals surface area contributed by atoms with Gasteiger partial charge in [-0.15, -0.1) is 0 Å². The normalized spacial score (nSPS) is 12.5. The fourth-order valence-electron chi connectivity index (χ4n) is 8.29. The first-order valence-electron chi connectivity index (χ1n) is 18.7. The maximum Gasteiger partial charge on any atom is 0.164 e. The summed E-state index contributed by atoms with van der Waals surface area (Å²) in [6.45, 7) is 0. The van der Waals surface area contributed by atoms with Gasteiger partial charge in [-0.05, 0) is 79.9 Å². The molecule has 55 heavy (non-hydrogen) atoms. The number of rotatable bonds is 7. The Kier molecular flexibility index (Phi) is 8.04. The molecular weight excluding hydrogens is 667 g/mol. The largest absolute Gasteiger partial charge is 0.208 e. The van der Waals surface area contributed by atoms with Gasteiger partial charge in [-0.25, -0.2) is 15.0 Å². The number of hydrogen-bond acceptors (Lipinski definition) is 3. The summed E-state index contributed by atoms with van der Waals surface area (Å²) in [6, 6.07) is 75.2. The number of fused-ring (bicyclic) bond motifs is 3. The third-order valence-corrected chi connectivity index (χ3v) is 10.8. The molecule has 9 aromatic rings. The van der Waals surface area contributed by atoms with Gasteiger partial charge in [-0.1, -0.05) is 188 Å². The van der Waals surface area contributed by atoms with E-state index in [-0.39, 0.29) is 0 Å². The van der Waals surface area contributed by atoms with Gasteiger partial charge in [-0.3, -0.25) is 0 Å². The highest BCUT2D eigenvalue weighted by atomic mass is 15.0. The van der Waals surface area contributed by atoms with Crippen LogP contribution in [0, 0.1) is 0 Å². The Morgan fingerprint density at radius 1 is 0.255 bits per heavy atom. The average Bonchev–Trinajstić information content (AvgIpc) is 3.58. The number of nitrogens with zero attached hydrogens (tertiary/aromatic N) is 3. The van der Waals surface area contributed by atoms with Gasteiger partial charge in [0.25, 0.3) is 0 Å². The Morgan fingerprint density at radius 3 is 1.20 bits per heavy atom. The summed E-state index contributed by atoms with van der Waals surface area (Å²) in [5, 5.41) is 0. The van der Waals surface area contributed by atoms with E-state index in [1.165, 1.54) is 33.4 Å². The Morgan fingerprint density at radius 2 is 0.655 bits per heavy atom. The van der Waals surface area contributed by atoms with Crippen molar-refractivity contribution in [3.05, 3.63) is 235 Å². The molecular formula is C52H35N3. The zero-order chi connectivity index (χ0) is 36.6. The van der Waals surface area contributed by atoms with E-state index in [0.29, 0.717) is 17.5 Å². The van der Waals surface area contributed by atoms with E-state index in [9.17, 15) is 0 Å². The molecule has 0 fully saturated rings. The van der Waals surface area contributed by atoms with Gasteiger partial charge in [0.2, 0.25) is 0 Å². The number of benzene rings is 8. The lowest BCUT2D eigenvalue weighted by molar-refractivity contribution is 0.768. The summed E-state index contributed by atoms with van der Waals surface area (Å²) in [7, 11) is 0. The first-order chi connectivity index (χ1) is 27.3. The predicted molar refractivity (Wildman–Crippen MR) is 224 cm³/mol. The SMILES string of the molecule is c1ccc(-c2cc(-c3ccccc3)cc(-c3nc(-c4ccccc4)nc(-c4ccc5c(c4)-c4ccccc4C5(c4ccccc4)c4ccccc4)n3)c2)cc1. The molecule has 0 saturated carbocycles. The predicted octanol–water partition coefficient (Wildman–Crippen LogP) is 12.6. The van der Waals surface area contributed by atoms with Gasteiger partial charge in [-0.2, -0.15) is 0 Å². The van der Waals surface area contributed by atoms with Crippen LogP contribution in [0.2, 0.25) is 0 Å². The van der Waals surface area contributed by atoms with Crippen LogP contribution < -0.4 is 0 Å². The minimum Gasteiger partial charge on any atom is -0.208 e. The minimum atomic E-state index is -0.474. The van der Waals surface area contributed by atoms with Gasteiger partial charge < -0.3 is 0 Å². The van der Waals surface area contributed by atoms with Crippen LogP contribution in [-0.2, 0) is 5.41 Å². The van der Waals surface area contributed by atoms with Crippen LogP contribution in [-0.4, -0.2) is 15.0 Å². The van der Waals surface area contributed by atoms with Gasteiger partial charge in [0.05, 0.1) is 5.41 Å². The van der Waals surface area contributed by atoms with E-state index in [4.69, 9.17) is 15.0 Å². The van der Waals surface area contributed by atoms with Crippen molar-refractivity contribution in [3.63, 3.8) is 0 Å². The van der Waals surface area contributed by atoms with Crippen molar-refractivity contribution >= 4 is 0 Å². The highest BCUT2D eigenvalue weighted by Crippen LogP contribution is 2.56. The van der Waals surface area contributed by atoms with E-state index in [0.717, 1.165) is 38.9 Å². The van der Waals surface area contributed by atoms with Crippen LogP contribution in [0.5, 0.6) is 0 Å². The van der Waals surface area contributed by atoms with Crippen molar-refractivity contribution in [3.8, 4) is 67.5 Å². The molecule has 0 saturated heterocycles. The van der Waals surface area contributed by atoms with E-state index >= 15 is 0 Å². The minimum absolute atomic E-state index is 0.474. The molecule has 258 valence electrons. The third kappa shape index (κ3) is 5.65. The standard InChI is InChI=1S/C52H35N3/c1-6-18-36(19-7-1)40-32-41(37-20-8-2-9-21-37)34-42(33-40)51-54-49(38-22-10-3-11-23-38)53-50(55-51)39-30-31-48-46(35-39)45-28-16-17-29-47(45)52(48,43-24-12-4-13-25-43)44-26-14-5-15-27-44/h1-35H. The molecule has 0 aliphatic heterocycles. The molecule has 0 atom stereocenters. The maximum atomic E-state index is 5.28. The number of aromatic nitrogens is 3. The highest BCUT2D eigenvalue weighted by molar-refractivity contribution is 5.89. The van der Waals surface area contributed by atoms with Crippen LogP contribution in [0.15, 0.2) is 212 Å². The molecule has 3 nitrogen and oxygen atoms in total. The summed E-state index contributed by atoms with van der Waals surface area (Å²) in [4.78, 5) is 15.6. The lowest BCUT2D eigenvalue weighted by Crippen LogP contribution is -2.28. The molecule has 0 N–H and O–H groups in total.